The number of hydrogen-bond acceptors (Lipinski definition) is 4. The number of barbiturate groups is 1. The lowest BCUT2D eigenvalue weighted by atomic mass is 10.0. The molecule has 0 saturated carbocycles. The van der Waals surface area contributed by atoms with Crippen LogP contribution < -0.4 is 10.2 Å². The number of aromatic hydroxyl groups is 1. The first-order valence-corrected chi connectivity index (χ1v) is 8.38. The number of carbonyl (C=O) groups excluding carboxylic acids is 3. The number of imide groups is 2. The van der Waals surface area contributed by atoms with Gasteiger partial charge in [-0.25, -0.2) is 9.69 Å². The average Bonchev–Trinajstić information content (AvgIpc) is 2.63. The lowest BCUT2D eigenvalue weighted by molar-refractivity contribution is -0.122. The summed E-state index contributed by atoms with van der Waals surface area (Å²) in [6.07, 6.45) is 3.43. The van der Waals surface area contributed by atoms with E-state index in [2.05, 4.69) is 11.9 Å². The third kappa shape index (κ3) is 3.75. The van der Waals surface area contributed by atoms with E-state index in [1.807, 2.05) is 0 Å². The van der Waals surface area contributed by atoms with Crippen LogP contribution >= 0.6 is 11.6 Å². The summed E-state index contributed by atoms with van der Waals surface area (Å²) in [5.41, 5.74) is 1.24. The minimum Gasteiger partial charge on any atom is -0.508 e. The van der Waals surface area contributed by atoms with Crippen molar-refractivity contribution in [2.24, 2.45) is 0 Å². The summed E-state index contributed by atoms with van der Waals surface area (Å²) in [7, 11) is 0. The largest absolute Gasteiger partial charge is 0.508 e. The number of amides is 4. The molecule has 2 aromatic carbocycles. The van der Waals surface area contributed by atoms with Gasteiger partial charge in [-0.2, -0.15) is 0 Å². The Morgan fingerprint density at radius 2 is 1.81 bits per heavy atom. The molecule has 2 aromatic rings. The van der Waals surface area contributed by atoms with Crippen molar-refractivity contribution in [1.82, 2.24) is 5.32 Å². The molecule has 6 nitrogen and oxygen atoms in total. The molecule has 1 aliphatic heterocycles. The lowest BCUT2D eigenvalue weighted by Gasteiger charge is -2.26. The fraction of sp³-hybridized carbons (Fsp3) is 0.0500. The minimum absolute atomic E-state index is 0.0921. The average molecular weight is 383 g/mol. The molecule has 0 unspecified atom stereocenters. The van der Waals surface area contributed by atoms with Crippen LogP contribution in [0.2, 0.25) is 5.02 Å². The highest BCUT2D eigenvalue weighted by Gasteiger charge is 2.36. The normalized spacial score (nSPS) is 15.8. The predicted octanol–water partition coefficient (Wildman–Crippen LogP) is 3.44. The maximum absolute atomic E-state index is 12.8. The second kappa shape index (κ2) is 7.47. The number of urea groups is 1. The molecule has 0 bridgehead atoms. The van der Waals surface area contributed by atoms with E-state index in [1.165, 1.54) is 24.3 Å². The van der Waals surface area contributed by atoms with Gasteiger partial charge < -0.3 is 5.11 Å². The van der Waals surface area contributed by atoms with Crippen LogP contribution in [0.15, 0.2) is 60.7 Å². The van der Waals surface area contributed by atoms with Crippen LogP contribution in [0.3, 0.4) is 0 Å². The summed E-state index contributed by atoms with van der Waals surface area (Å²) >= 11 is 5.84. The number of allylic oxidation sites excluding steroid dienone is 1. The molecular formula is C20H15ClN2O4. The Hall–Kier alpha value is -3.38. The van der Waals surface area contributed by atoms with Gasteiger partial charge in [0.05, 0.1) is 5.69 Å². The molecule has 4 amide bonds. The van der Waals surface area contributed by atoms with Gasteiger partial charge in [-0.1, -0.05) is 23.7 Å². The molecule has 136 valence electrons. The van der Waals surface area contributed by atoms with Gasteiger partial charge in [-0.3, -0.25) is 14.9 Å². The predicted molar refractivity (Wildman–Crippen MR) is 102 cm³/mol. The number of nitrogens with zero attached hydrogens (tertiary/aromatic N) is 1. The van der Waals surface area contributed by atoms with Crippen LogP contribution in [0.4, 0.5) is 10.5 Å². The first-order valence-electron chi connectivity index (χ1n) is 8.00. The van der Waals surface area contributed by atoms with Gasteiger partial charge >= 0.3 is 6.03 Å². The minimum atomic E-state index is -0.831. The van der Waals surface area contributed by atoms with Gasteiger partial charge in [0, 0.05) is 5.02 Å². The zero-order valence-corrected chi connectivity index (χ0v) is 14.9. The first kappa shape index (κ1) is 18.4. The van der Waals surface area contributed by atoms with Gasteiger partial charge in [-0.15, -0.1) is 6.58 Å². The maximum Gasteiger partial charge on any atom is 0.335 e. The van der Waals surface area contributed by atoms with Crippen molar-refractivity contribution in [2.75, 3.05) is 4.90 Å². The van der Waals surface area contributed by atoms with Crippen molar-refractivity contribution in [2.45, 2.75) is 6.42 Å². The molecule has 3 rings (SSSR count). The standard InChI is InChI=1S/C20H15ClN2O4/c1-2-3-13-10-12(4-9-17(13)24)11-16-18(25)22-20(27)23(19(16)26)15-7-5-14(21)6-8-15/h2,4-11,24H,1,3H2,(H,22,25,27)/b16-11+. The topological polar surface area (TPSA) is 86.7 Å². The van der Waals surface area contributed by atoms with E-state index in [1.54, 1.807) is 30.3 Å². The van der Waals surface area contributed by atoms with E-state index < -0.39 is 17.8 Å². The number of rotatable bonds is 4. The number of carbonyl (C=O) groups is 3. The third-order valence-electron chi connectivity index (χ3n) is 3.97. The number of phenolic OH excluding ortho intramolecular Hbond substituents is 1. The SMILES string of the molecule is C=CCc1cc(/C=C2\C(=O)NC(=O)N(c3ccc(Cl)cc3)C2=O)ccc1O. The van der Waals surface area contributed by atoms with Gasteiger partial charge in [0.2, 0.25) is 0 Å². The molecule has 2 N–H and O–H groups in total. The van der Waals surface area contributed by atoms with E-state index in [4.69, 9.17) is 11.6 Å². The number of phenols is 1. The molecular weight excluding hydrogens is 368 g/mol. The summed E-state index contributed by atoms with van der Waals surface area (Å²) in [4.78, 5) is 38.0. The fourth-order valence-electron chi connectivity index (χ4n) is 2.66. The van der Waals surface area contributed by atoms with Gasteiger partial charge in [0.15, 0.2) is 0 Å². The monoisotopic (exact) mass is 382 g/mol. The molecule has 0 aliphatic carbocycles. The van der Waals surface area contributed by atoms with Crippen molar-refractivity contribution in [1.29, 1.82) is 0 Å². The molecule has 0 atom stereocenters. The van der Waals surface area contributed by atoms with Gasteiger partial charge in [-0.05, 0) is 60.0 Å². The van der Waals surface area contributed by atoms with Crippen LogP contribution in [-0.4, -0.2) is 23.0 Å². The molecule has 0 aromatic heterocycles. The quantitative estimate of drug-likeness (QED) is 0.481. The highest BCUT2D eigenvalue weighted by atomic mass is 35.5. The Bertz CT molecular complexity index is 980. The molecule has 1 saturated heterocycles. The lowest BCUT2D eigenvalue weighted by Crippen LogP contribution is -2.54. The summed E-state index contributed by atoms with van der Waals surface area (Å²) in [5.74, 6) is -1.44. The van der Waals surface area contributed by atoms with Crippen molar-refractivity contribution >= 4 is 41.2 Å². The van der Waals surface area contributed by atoms with Crippen LogP contribution in [0.5, 0.6) is 5.75 Å². The zero-order chi connectivity index (χ0) is 19.6. The number of nitrogens with one attached hydrogen (secondary N) is 1. The first-order chi connectivity index (χ1) is 12.9. The molecule has 1 fully saturated rings. The molecule has 0 radical (unpaired) electrons. The number of hydrogen-bond donors (Lipinski definition) is 2. The zero-order valence-electron chi connectivity index (χ0n) is 14.1. The Morgan fingerprint density at radius 3 is 2.48 bits per heavy atom. The number of anilines is 1. The molecule has 1 heterocycles. The van der Waals surface area contributed by atoms with Crippen molar-refractivity contribution in [3.8, 4) is 5.75 Å². The molecule has 27 heavy (non-hydrogen) atoms. The van der Waals surface area contributed by atoms with Crippen molar-refractivity contribution in [3.63, 3.8) is 0 Å². The van der Waals surface area contributed by atoms with Crippen LogP contribution in [-0.2, 0) is 16.0 Å². The number of benzene rings is 2. The van der Waals surface area contributed by atoms with Crippen LogP contribution in [0.25, 0.3) is 6.08 Å². The molecule has 0 spiro atoms. The van der Waals surface area contributed by atoms with Gasteiger partial charge in [0.1, 0.15) is 11.3 Å². The van der Waals surface area contributed by atoms with Crippen molar-refractivity contribution < 1.29 is 19.5 Å². The molecule has 7 heteroatoms. The van der Waals surface area contributed by atoms with E-state index >= 15 is 0 Å². The second-order valence-corrected chi connectivity index (χ2v) is 6.25. The highest BCUT2D eigenvalue weighted by Crippen LogP contribution is 2.25. The van der Waals surface area contributed by atoms with E-state index in [0.717, 1.165) is 4.90 Å². The molecule has 1 aliphatic rings. The smallest absolute Gasteiger partial charge is 0.335 e. The number of halogens is 1. The Kier molecular flexibility index (Phi) is 5.09. The summed E-state index contributed by atoms with van der Waals surface area (Å²) in [6, 6.07) is 9.95. The summed E-state index contributed by atoms with van der Waals surface area (Å²) < 4.78 is 0. The maximum atomic E-state index is 12.8. The Morgan fingerprint density at radius 1 is 1.11 bits per heavy atom. The highest BCUT2D eigenvalue weighted by molar-refractivity contribution is 6.39. The van der Waals surface area contributed by atoms with E-state index in [9.17, 15) is 19.5 Å². The van der Waals surface area contributed by atoms with Crippen LogP contribution in [0.1, 0.15) is 11.1 Å². The third-order valence-corrected chi connectivity index (χ3v) is 4.22. The Balaban J connectivity index is 2.00. The van der Waals surface area contributed by atoms with Crippen LogP contribution in [0, 0.1) is 0 Å². The van der Waals surface area contributed by atoms with Gasteiger partial charge in [0.25, 0.3) is 11.8 Å². The summed E-state index contributed by atoms with van der Waals surface area (Å²) in [5, 5.41) is 12.5. The van der Waals surface area contributed by atoms with E-state index in [-0.39, 0.29) is 11.3 Å². The fourth-order valence-corrected chi connectivity index (χ4v) is 2.79. The Labute approximate surface area is 160 Å². The second-order valence-electron chi connectivity index (χ2n) is 5.82. The summed E-state index contributed by atoms with van der Waals surface area (Å²) in [6.45, 7) is 3.63. The van der Waals surface area contributed by atoms with E-state index in [0.29, 0.717) is 28.3 Å². The van der Waals surface area contributed by atoms with Crippen molar-refractivity contribution in [3.05, 3.63) is 76.8 Å².